The van der Waals surface area contributed by atoms with Crippen LogP contribution < -0.4 is 0 Å². The van der Waals surface area contributed by atoms with E-state index in [0.717, 1.165) is 25.1 Å². The van der Waals surface area contributed by atoms with Gasteiger partial charge in [-0.1, -0.05) is 13.3 Å². The summed E-state index contributed by atoms with van der Waals surface area (Å²) in [7, 11) is 0. The SMILES string of the molecule is CCC[C@]1(C)SCCC2CCCN2C1=O. The molecule has 2 atom stereocenters. The molecule has 0 spiro atoms. The fourth-order valence-electron chi connectivity index (χ4n) is 2.85. The van der Waals surface area contributed by atoms with Gasteiger partial charge in [0.05, 0.1) is 4.75 Å². The Kier molecular flexibility index (Phi) is 3.29. The number of thioether (sulfide) groups is 1. The molecule has 0 aromatic heterocycles. The average molecular weight is 227 g/mol. The van der Waals surface area contributed by atoms with Gasteiger partial charge in [-0.3, -0.25) is 4.79 Å². The number of carbonyl (C=O) groups excluding carboxylic acids is 1. The van der Waals surface area contributed by atoms with E-state index >= 15 is 0 Å². The van der Waals surface area contributed by atoms with Crippen molar-refractivity contribution in [2.45, 2.75) is 56.7 Å². The highest BCUT2D eigenvalue weighted by Crippen LogP contribution is 2.39. The normalized spacial score (nSPS) is 36.5. The molecule has 1 amide bonds. The number of hydrogen-bond acceptors (Lipinski definition) is 2. The van der Waals surface area contributed by atoms with Crippen LogP contribution in [0.3, 0.4) is 0 Å². The molecule has 86 valence electrons. The number of nitrogens with zero attached hydrogens (tertiary/aromatic N) is 1. The topological polar surface area (TPSA) is 20.3 Å². The maximum atomic E-state index is 12.4. The van der Waals surface area contributed by atoms with Crippen LogP contribution in [0.2, 0.25) is 0 Å². The summed E-state index contributed by atoms with van der Waals surface area (Å²) in [5.41, 5.74) is 0. The molecule has 3 heteroatoms. The fraction of sp³-hybridized carbons (Fsp3) is 0.917. The first kappa shape index (κ1) is 11.3. The fourth-order valence-corrected chi connectivity index (χ4v) is 4.27. The highest BCUT2D eigenvalue weighted by atomic mass is 32.2. The number of fused-ring (bicyclic) bond motifs is 1. The van der Waals surface area contributed by atoms with Crippen LogP contribution in [0, 0.1) is 0 Å². The van der Waals surface area contributed by atoms with Gasteiger partial charge in [0.15, 0.2) is 0 Å². The molecule has 2 nitrogen and oxygen atoms in total. The Bertz CT molecular complexity index is 256. The Hall–Kier alpha value is -0.180. The summed E-state index contributed by atoms with van der Waals surface area (Å²) in [4.78, 5) is 14.6. The third-order valence-corrected chi connectivity index (χ3v) is 5.14. The van der Waals surface area contributed by atoms with Crippen LogP contribution >= 0.6 is 11.8 Å². The molecule has 0 N–H and O–H groups in total. The van der Waals surface area contributed by atoms with Crippen LogP contribution in [-0.4, -0.2) is 33.9 Å². The van der Waals surface area contributed by atoms with Gasteiger partial charge in [0.2, 0.25) is 5.91 Å². The van der Waals surface area contributed by atoms with E-state index in [9.17, 15) is 4.79 Å². The van der Waals surface area contributed by atoms with Crippen LogP contribution in [0.5, 0.6) is 0 Å². The Morgan fingerprint density at radius 2 is 2.33 bits per heavy atom. The van der Waals surface area contributed by atoms with E-state index in [-0.39, 0.29) is 4.75 Å². The lowest BCUT2D eigenvalue weighted by atomic mass is 10.0. The van der Waals surface area contributed by atoms with Crippen molar-refractivity contribution in [1.82, 2.24) is 4.90 Å². The first-order chi connectivity index (χ1) is 7.17. The molecule has 0 radical (unpaired) electrons. The Morgan fingerprint density at radius 3 is 3.07 bits per heavy atom. The van der Waals surface area contributed by atoms with Gasteiger partial charge in [-0.2, -0.15) is 0 Å². The minimum Gasteiger partial charge on any atom is -0.338 e. The van der Waals surface area contributed by atoms with Gasteiger partial charge in [0.25, 0.3) is 0 Å². The van der Waals surface area contributed by atoms with Crippen LogP contribution in [0.15, 0.2) is 0 Å². The highest BCUT2D eigenvalue weighted by molar-refractivity contribution is 8.01. The molecule has 2 fully saturated rings. The van der Waals surface area contributed by atoms with E-state index in [4.69, 9.17) is 0 Å². The number of carbonyl (C=O) groups is 1. The molecule has 0 bridgehead atoms. The molecular formula is C12H21NOS. The second-order valence-corrected chi connectivity index (χ2v) is 6.51. The highest BCUT2D eigenvalue weighted by Gasteiger charge is 2.42. The summed E-state index contributed by atoms with van der Waals surface area (Å²) >= 11 is 1.88. The molecule has 0 aliphatic carbocycles. The summed E-state index contributed by atoms with van der Waals surface area (Å²) in [6, 6.07) is 0.559. The molecule has 2 saturated heterocycles. The minimum atomic E-state index is -0.131. The number of amides is 1. The van der Waals surface area contributed by atoms with Gasteiger partial charge >= 0.3 is 0 Å². The lowest BCUT2D eigenvalue weighted by molar-refractivity contribution is -0.134. The smallest absolute Gasteiger partial charge is 0.238 e. The van der Waals surface area contributed by atoms with Crippen LogP contribution in [-0.2, 0) is 4.79 Å². The molecule has 0 saturated carbocycles. The van der Waals surface area contributed by atoms with Crippen molar-refractivity contribution in [3.8, 4) is 0 Å². The first-order valence-corrected chi connectivity index (χ1v) is 7.11. The molecule has 2 aliphatic rings. The van der Waals surface area contributed by atoms with Crippen molar-refractivity contribution in [1.29, 1.82) is 0 Å². The maximum Gasteiger partial charge on any atom is 0.238 e. The first-order valence-electron chi connectivity index (χ1n) is 6.12. The van der Waals surface area contributed by atoms with Gasteiger partial charge in [-0.05, 0) is 38.4 Å². The average Bonchev–Trinajstić information content (AvgIpc) is 2.61. The summed E-state index contributed by atoms with van der Waals surface area (Å²) in [5, 5.41) is 0. The zero-order valence-corrected chi connectivity index (χ0v) is 10.6. The monoisotopic (exact) mass is 227 g/mol. The largest absolute Gasteiger partial charge is 0.338 e. The predicted molar refractivity (Wildman–Crippen MR) is 65.1 cm³/mol. The molecule has 15 heavy (non-hydrogen) atoms. The maximum absolute atomic E-state index is 12.4. The number of hydrogen-bond donors (Lipinski definition) is 0. The summed E-state index contributed by atoms with van der Waals surface area (Å²) in [6.45, 7) is 5.32. The van der Waals surface area contributed by atoms with Crippen molar-refractivity contribution >= 4 is 17.7 Å². The van der Waals surface area contributed by atoms with Crippen molar-refractivity contribution in [3.05, 3.63) is 0 Å². The van der Waals surface area contributed by atoms with Crippen LogP contribution in [0.1, 0.15) is 46.0 Å². The van der Waals surface area contributed by atoms with Gasteiger partial charge in [-0.25, -0.2) is 0 Å². The molecular weight excluding hydrogens is 206 g/mol. The van der Waals surface area contributed by atoms with Gasteiger partial charge in [0.1, 0.15) is 0 Å². The lowest BCUT2D eigenvalue weighted by Crippen LogP contribution is -2.45. The third-order valence-electron chi connectivity index (χ3n) is 3.69. The van der Waals surface area contributed by atoms with E-state index in [1.165, 1.54) is 19.3 Å². The zero-order valence-electron chi connectivity index (χ0n) is 9.79. The van der Waals surface area contributed by atoms with E-state index in [0.29, 0.717) is 11.9 Å². The third kappa shape index (κ3) is 2.03. The Balaban J connectivity index is 2.17. The van der Waals surface area contributed by atoms with Crippen molar-refractivity contribution < 1.29 is 4.79 Å². The van der Waals surface area contributed by atoms with Crippen LogP contribution in [0.25, 0.3) is 0 Å². The quantitative estimate of drug-likeness (QED) is 0.723. The molecule has 2 aliphatic heterocycles. The van der Waals surface area contributed by atoms with Crippen molar-refractivity contribution in [3.63, 3.8) is 0 Å². The summed E-state index contributed by atoms with van der Waals surface area (Å²) in [5.74, 6) is 1.57. The summed E-state index contributed by atoms with van der Waals surface area (Å²) < 4.78 is -0.131. The Labute approximate surface area is 96.8 Å². The van der Waals surface area contributed by atoms with E-state index in [2.05, 4.69) is 18.7 Å². The molecule has 2 heterocycles. The second-order valence-electron chi connectivity index (χ2n) is 4.91. The van der Waals surface area contributed by atoms with Crippen molar-refractivity contribution in [2.75, 3.05) is 12.3 Å². The zero-order chi connectivity index (χ0) is 10.9. The summed E-state index contributed by atoms with van der Waals surface area (Å²) in [6.07, 6.45) is 5.78. The second kappa shape index (κ2) is 4.36. The van der Waals surface area contributed by atoms with Crippen LogP contribution in [0.4, 0.5) is 0 Å². The van der Waals surface area contributed by atoms with Crippen molar-refractivity contribution in [2.24, 2.45) is 0 Å². The minimum absolute atomic E-state index is 0.131. The van der Waals surface area contributed by atoms with E-state index in [1.54, 1.807) is 0 Å². The molecule has 0 aromatic carbocycles. The van der Waals surface area contributed by atoms with Gasteiger partial charge in [-0.15, -0.1) is 11.8 Å². The lowest BCUT2D eigenvalue weighted by Gasteiger charge is -2.31. The van der Waals surface area contributed by atoms with Gasteiger partial charge < -0.3 is 4.90 Å². The molecule has 0 aromatic rings. The standard InChI is InChI=1S/C12H21NOS/c1-3-7-12(2)11(14)13-8-4-5-10(13)6-9-15-12/h10H,3-9H2,1-2H3/t10?,12-/m0/s1. The number of rotatable bonds is 2. The van der Waals surface area contributed by atoms with Gasteiger partial charge in [0, 0.05) is 12.6 Å². The molecule has 2 rings (SSSR count). The Morgan fingerprint density at radius 1 is 1.53 bits per heavy atom. The van der Waals surface area contributed by atoms with E-state index < -0.39 is 0 Å². The predicted octanol–water partition coefficient (Wildman–Crippen LogP) is 2.67. The molecule has 1 unspecified atom stereocenters. The van der Waals surface area contributed by atoms with E-state index in [1.807, 2.05) is 11.8 Å².